The van der Waals surface area contributed by atoms with Crippen LogP contribution in [0.25, 0.3) is 10.2 Å². The van der Waals surface area contributed by atoms with Crippen LogP contribution in [0, 0.1) is 5.92 Å². The van der Waals surface area contributed by atoms with Gasteiger partial charge in [0.1, 0.15) is 4.83 Å². The standard InChI is InChI=1S/C21H26N4OS/c1-14(2)6-9-25(15(3)4)19-5-8-22-13-18(19)24-20(26)17-11-16-7-10-27-21(16)23-12-17/h5,7-8,10-15H,6,9H2,1-4H3,(H,24,26). The van der Waals surface area contributed by atoms with Gasteiger partial charge in [-0.05, 0) is 49.8 Å². The molecule has 0 radical (unpaired) electrons. The zero-order valence-electron chi connectivity index (χ0n) is 16.3. The van der Waals surface area contributed by atoms with E-state index in [1.807, 2.05) is 23.6 Å². The summed E-state index contributed by atoms with van der Waals surface area (Å²) in [7, 11) is 0. The lowest BCUT2D eigenvalue weighted by atomic mass is 10.1. The van der Waals surface area contributed by atoms with Crippen molar-refractivity contribution in [3.63, 3.8) is 0 Å². The minimum Gasteiger partial charge on any atom is -0.367 e. The lowest BCUT2D eigenvalue weighted by Crippen LogP contribution is -2.33. The Labute approximate surface area is 164 Å². The number of hydrogen-bond donors (Lipinski definition) is 1. The average molecular weight is 383 g/mol. The first-order valence-electron chi connectivity index (χ1n) is 9.31. The van der Waals surface area contributed by atoms with Crippen molar-refractivity contribution in [2.24, 2.45) is 5.92 Å². The summed E-state index contributed by atoms with van der Waals surface area (Å²) in [6, 6.07) is 6.15. The first-order valence-corrected chi connectivity index (χ1v) is 10.2. The maximum atomic E-state index is 12.8. The molecule has 0 saturated carbocycles. The molecule has 3 aromatic rings. The molecule has 0 aromatic carbocycles. The Bertz CT molecular complexity index is 919. The van der Waals surface area contributed by atoms with E-state index in [9.17, 15) is 4.79 Å². The van der Waals surface area contributed by atoms with E-state index in [2.05, 4.69) is 47.9 Å². The number of amides is 1. The number of carbonyl (C=O) groups excluding carboxylic acids is 1. The van der Waals surface area contributed by atoms with Crippen LogP contribution in [-0.2, 0) is 0 Å². The van der Waals surface area contributed by atoms with Gasteiger partial charge < -0.3 is 10.2 Å². The Balaban J connectivity index is 1.84. The van der Waals surface area contributed by atoms with E-state index in [4.69, 9.17) is 0 Å². The van der Waals surface area contributed by atoms with Gasteiger partial charge in [-0.3, -0.25) is 9.78 Å². The van der Waals surface area contributed by atoms with E-state index in [0.29, 0.717) is 17.5 Å². The lowest BCUT2D eigenvalue weighted by Gasteiger charge is -2.31. The maximum absolute atomic E-state index is 12.8. The zero-order chi connectivity index (χ0) is 19.4. The van der Waals surface area contributed by atoms with Crippen molar-refractivity contribution in [3.8, 4) is 0 Å². The molecule has 142 valence electrons. The predicted octanol–water partition coefficient (Wildman–Crippen LogP) is 5.20. The van der Waals surface area contributed by atoms with Crippen LogP contribution in [0.15, 0.2) is 42.2 Å². The number of hydrogen-bond acceptors (Lipinski definition) is 5. The first kappa shape index (κ1) is 19.3. The molecule has 0 bridgehead atoms. The van der Waals surface area contributed by atoms with Gasteiger partial charge in [-0.1, -0.05) is 13.8 Å². The second-order valence-corrected chi connectivity index (χ2v) is 8.25. The Kier molecular flexibility index (Phi) is 6.06. The van der Waals surface area contributed by atoms with Crippen LogP contribution in [0.3, 0.4) is 0 Å². The van der Waals surface area contributed by atoms with Crippen LogP contribution < -0.4 is 10.2 Å². The van der Waals surface area contributed by atoms with Crippen molar-refractivity contribution >= 4 is 38.8 Å². The van der Waals surface area contributed by atoms with Crippen LogP contribution >= 0.6 is 11.3 Å². The highest BCUT2D eigenvalue weighted by molar-refractivity contribution is 7.16. The third-order valence-corrected chi connectivity index (χ3v) is 5.33. The molecule has 0 spiro atoms. The SMILES string of the molecule is CC(C)CCN(c1ccncc1NC(=O)c1cnc2sccc2c1)C(C)C. The van der Waals surface area contributed by atoms with Crippen molar-refractivity contribution in [2.45, 2.75) is 40.2 Å². The van der Waals surface area contributed by atoms with Gasteiger partial charge in [0.2, 0.25) is 0 Å². The summed E-state index contributed by atoms with van der Waals surface area (Å²) >= 11 is 1.57. The molecule has 0 saturated heterocycles. The molecule has 27 heavy (non-hydrogen) atoms. The fourth-order valence-electron chi connectivity index (χ4n) is 2.97. The van der Waals surface area contributed by atoms with Crippen molar-refractivity contribution in [1.82, 2.24) is 9.97 Å². The van der Waals surface area contributed by atoms with Gasteiger partial charge in [0.05, 0.1) is 23.1 Å². The van der Waals surface area contributed by atoms with Gasteiger partial charge in [-0.25, -0.2) is 4.98 Å². The molecule has 6 heteroatoms. The van der Waals surface area contributed by atoms with E-state index >= 15 is 0 Å². The molecule has 1 amide bonds. The molecule has 3 heterocycles. The van der Waals surface area contributed by atoms with Crippen molar-refractivity contribution < 1.29 is 4.79 Å². The van der Waals surface area contributed by atoms with E-state index in [1.54, 1.807) is 29.9 Å². The quantitative estimate of drug-likeness (QED) is 0.610. The van der Waals surface area contributed by atoms with Crippen molar-refractivity contribution in [2.75, 3.05) is 16.8 Å². The maximum Gasteiger partial charge on any atom is 0.257 e. The third-order valence-electron chi connectivity index (χ3n) is 4.49. The van der Waals surface area contributed by atoms with E-state index in [-0.39, 0.29) is 5.91 Å². The van der Waals surface area contributed by atoms with Gasteiger partial charge >= 0.3 is 0 Å². The molecular formula is C21H26N4OS. The smallest absolute Gasteiger partial charge is 0.257 e. The molecule has 3 aromatic heterocycles. The third kappa shape index (κ3) is 4.63. The second-order valence-electron chi connectivity index (χ2n) is 7.36. The Hall–Kier alpha value is -2.47. The van der Waals surface area contributed by atoms with Gasteiger partial charge in [-0.15, -0.1) is 11.3 Å². The number of rotatable bonds is 7. The summed E-state index contributed by atoms with van der Waals surface area (Å²) in [5.41, 5.74) is 2.28. The van der Waals surface area contributed by atoms with Gasteiger partial charge in [0.25, 0.3) is 5.91 Å². The molecule has 0 atom stereocenters. The molecule has 0 aliphatic carbocycles. The number of nitrogens with one attached hydrogen (secondary N) is 1. The fraction of sp³-hybridized carbons (Fsp3) is 0.381. The van der Waals surface area contributed by atoms with Gasteiger partial charge in [0, 0.05) is 30.4 Å². The number of pyridine rings is 2. The minimum atomic E-state index is -0.169. The van der Waals surface area contributed by atoms with Crippen molar-refractivity contribution in [1.29, 1.82) is 0 Å². The highest BCUT2D eigenvalue weighted by Crippen LogP contribution is 2.28. The summed E-state index contributed by atoms with van der Waals surface area (Å²) in [6.07, 6.45) is 6.21. The summed E-state index contributed by atoms with van der Waals surface area (Å²) in [6.45, 7) is 9.72. The highest BCUT2D eigenvalue weighted by Gasteiger charge is 2.17. The Morgan fingerprint density at radius 1 is 1.22 bits per heavy atom. The molecule has 1 N–H and O–H groups in total. The molecule has 3 rings (SSSR count). The van der Waals surface area contributed by atoms with E-state index < -0.39 is 0 Å². The largest absolute Gasteiger partial charge is 0.367 e. The first-order chi connectivity index (χ1) is 13.0. The predicted molar refractivity (Wildman–Crippen MR) is 114 cm³/mol. The molecule has 5 nitrogen and oxygen atoms in total. The van der Waals surface area contributed by atoms with Crippen LogP contribution in [0.5, 0.6) is 0 Å². The summed E-state index contributed by atoms with van der Waals surface area (Å²) in [5.74, 6) is 0.451. The molecule has 0 aliphatic heterocycles. The molecule has 0 fully saturated rings. The van der Waals surface area contributed by atoms with Gasteiger partial charge in [-0.2, -0.15) is 0 Å². The number of thiophene rings is 1. The summed E-state index contributed by atoms with van der Waals surface area (Å²) in [4.78, 5) is 24.6. The van der Waals surface area contributed by atoms with Crippen molar-refractivity contribution in [3.05, 3.63) is 47.7 Å². The Morgan fingerprint density at radius 3 is 2.78 bits per heavy atom. The number of fused-ring (bicyclic) bond motifs is 1. The van der Waals surface area contributed by atoms with E-state index in [1.165, 1.54) is 0 Å². The fourth-order valence-corrected chi connectivity index (χ4v) is 3.69. The molecule has 0 unspecified atom stereocenters. The second kappa shape index (κ2) is 8.48. The average Bonchev–Trinajstić information content (AvgIpc) is 3.10. The van der Waals surface area contributed by atoms with Crippen LogP contribution in [-0.4, -0.2) is 28.5 Å². The normalized spacial score (nSPS) is 11.3. The topological polar surface area (TPSA) is 58.1 Å². The summed E-state index contributed by atoms with van der Waals surface area (Å²) in [5, 5.41) is 5.99. The molecular weight excluding hydrogens is 356 g/mol. The zero-order valence-corrected chi connectivity index (χ0v) is 17.1. The van der Waals surface area contributed by atoms with Gasteiger partial charge in [0.15, 0.2) is 0 Å². The van der Waals surface area contributed by atoms with Crippen LogP contribution in [0.1, 0.15) is 44.5 Å². The highest BCUT2D eigenvalue weighted by atomic mass is 32.1. The number of carbonyl (C=O) groups is 1. The van der Waals surface area contributed by atoms with Crippen LogP contribution in [0.2, 0.25) is 0 Å². The summed E-state index contributed by atoms with van der Waals surface area (Å²) < 4.78 is 0. The lowest BCUT2D eigenvalue weighted by molar-refractivity contribution is 0.102. The number of aromatic nitrogens is 2. The molecule has 0 aliphatic rings. The number of nitrogens with zero attached hydrogens (tertiary/aromatic N) is 3. The Morgan fingerprint density at radius 2 is 2.04 bits per heavy atom. The van der Waals surface area contributed by atoms with E-state index in [0.717, 1.165) is 34.6 Å². The number of anilines is 2. The monoisotopic (exact) mass is 382 g/mol. The van der Waals surface area contributed by atoms with Crippen LogP contribution in [0.4, 0.5) is 11.4 Å². The minimum absolute atomic E-state index is 0.169.